The summed E-state index contributed by atoms with van der Waals surface area (Å²) in [6.45, 7) is 5.34. The second kappa shape index (κ2) is 4.75. The van der Waals surface area contributed by atoms with Crippen LogP contribution in [0.15, 0.2) is 0 Å². The SMILES string of the molecule is CC(C)(CO)NS(=O)(=O)N1CCNCC1. The molecule has 1 aliphatic rings. The van der Waals surface area contributed by atoms with Gasteiger partial charge in [0, 0.05) is 26.2 Å². The lowest BCUT2D eigenvalue weighted by Gasteiger charge is -2.31. The first-order chi connectivity index (χ1) is 6.87. The highest BCUT2D eigenvalue weighted by molar-refractivity contribution is 7.87. The van der Waals surface area contributed by atoms with Gasteiger partial charge in [-0.3, -0.25) is 0 Å². The van der Waals surface area contributed by atoms with Gasteiger partial charge in [-0.15, -0.1) is 0 Å². The van der Waals surface area contributed by atoms with Gasteiger partial charge in [0.15, 0.2) is 0 Å². The molecule has 0 bridgehead atoms. The lowest BCUT2D eigenvalue weighted by Crippen LogP contribution is -2.56. The van der Waals surface area contributed by atoms with Crippen molar-refractivity contribution in [3.63, 3.8) is 0 Å². The van der Waals surface area contributed by atoms with Gasteiger partial charge >= 0.3 is 0 Å². The minimum atomic E-state index is -3.47. The van der Waals surface area contributed by atoms with Crippen LogP contribution in [0.1, 0.15) is 13.8 Å². The molecule has 3 N–H and O–H groups in total. The molecule has 7 heteroatoms. The van der Waals surface area contributed by atoms with Gasteiger partial charge in [0.25, 0.3) is 10.2 Å². The molecule has 15 heavy (non-hydrogen) atoms. The van der Waals surface area contributed by atoms with Crippen molar-refractivity contribution >= 4 is 10.2 Å². The van der Waals surface area contributed by atoms with E-state index < -0.39 is 15.7 Å². The number of nitrogens with one attached hydrogen (secondary N) is 2. The molecule has 1 aliphatic heterocycles. The van der Waals surface area contributed by atoms with Crippen LogP contribution in [-0.2, 0) is 10.2 Å². The summed E-state index contributed by atoms with van der Waals surface area (Å²) in [5.41, 5.74) is -0.816. The maximum Gasteiger partial charge on any atom is 0.280 e. The molecule has 0 atom stereocenters. The Morgan fingerprint density at radius 2 is 1.93 bits per heavy atom. The van der Waals surface area contributed by atoms with Crippen LogP contribution in [0.3, 0.4) is 0 Å². The Bertz CT molecular complexity index is 296. The highest BCUT2D eigenvalue weighted by Crippen LogP contribution is 2.07. The summed E-state index contributed by atoms with van der Waals surface area (Å²) < 4.78 is 27.5. The monoisotopic (exact) mass is 237 g/mol. The molecule has 1 heterocycles. The summed E-state index contributed by atoms with van der Waals surface area (Å²) in [4.78, 5) is 0. The second-order valence-corrected chi connectivity index (χ2v) is 5.97. The zero-order valence-corrected chi connectivity index (χ0v) is 9.97. The molecule has 1 saturated heterocycles. The third-order valence-electron chi connectivity index (χ3n) is 2.22. The summed E-state index contributed by atoms with van der Waals surface area (Å²) in [7, 11) is -3.47. The topological polar surface area (TPSA) is 81.7 Å². The molecule has 0 unspecified atom stereocenters. The predicted octanol–water partition coefficient (Wildman–Crippen LogP) is -1.50. The largest absolute Gasteiger partial charge is 0.394 e. The maximum atomic E-state index is 11.8. The minimum absolute atomic E-state index is 0.224. The van der Waals surface area contributed by atoms with Crippen LogP contribution in [-0.4, -0.2) is 56.2 Å². The molecule has 0 aromatic rings. The van der Waals surface area contributed by atoms with Crippen molar-refractivity contribution < 1.29 is 13.5 Å². The van der Waals surface area contributed by atoms with Crippen LogP contribution >= 0.6 is 0 Å². The number of aliphatic hydroxyl groups excluding tert-OH is 1. The number of hydrogen-bond donors (Lipinski definition) is 3. The zero-order chi connectivity index (χ0) is 11.5. The lowest BCUT2D eigenvalue weighted by molar-refractivity contribution is 0.204. The van der Waals surface area contributed by atoms with Crippen LogP contribution in [0.5, 0.6) is 0 Å². The fourth-order valence-corrected chi connectivity index (χ4v) is 2.89. The second-order valence-electron chi connectivity index (χ2n) is 4.30. The van der Waals surface area contributed by atoms with Gasteiger partial charge in [0.2, 0.25) is 0 Å². The predicted molar refractivity (Wildman–Crippen MR) is 57.7 cm³/mol. The van der Waals surface area contributed by atoms with Crippen LogP contribution < -0.4 is 10.0 Å². The Kier molecular flexibility index (Phi) is 4.07. The lowest BCUT2D eigenvalue weighted by atomic mass is 10.1. The van der Waals surface area contributed by atoms with Gasteiger partial charge in [-0.25, -0.2) is 0 Å². The Balaban J connectivity index is 2.65. The third kappa shape index (κ3) is 3.69. The van der Waals surface area contributed by atoms with Crippen LogP contribution in [0, 0.1) is 0 Å². The van der Waals surface area contributed by atoms with E-state index in [1.807, 2.05) is 0 Å². The summed E-state index contributed by atoms with van der Waals surface area (Å²) >= 11 is 0. The molecule has 0 radical (unpaired) electrons. The molecule has 90 valence electrons. The van der Waals surface area contributed by atoms with Crippen LogP contribution in [0.2, 0.25) is 0 Å². The van der Waals surface area contributed by atoms with Crippen molar-refractivity contribution in [3.05, 3.63) is 0 Å². The molecular formula is C8H19N3O3S. The smallest absolute Gasteiger partial charge is 0.280 e. The first kappa shape index (κ1) is 12.9. The quantitative estimate of drug-likeness (QED) is 0.555. The summed E-state index contributed by atoms with van der Waals surface area (Å²) in [5.74, 6) is 0. The Labute approximate surface area is 90.8 Å². The van der Waals surface area contributed by atoms with Crippen LogP contribution in [0.4, 0.5) is 0 Å². The first-order valence-corrected chi connectivity index (χ1v) is 6.42. The molecule has 0 spiro atoms. The van der Waals surface area contributed by atoms with Crippen molar-refractivity contribution in [1.82, 2.24) is 14.3 Å². The molecule has 1 rings (SSSR count). The number of nitrogens with zero attached hydrogens (tertiary/aromatic N) is 1. The van der Waals surface area contributed by atoms with Crippen molar-refractivity contribution in [1.29, 1.82) is 0 Å². The third-order valence-corrected chi connectivity index (χ3v) is 4.07. The van der Waals surface area contributed by atoms with Crippen molar-refractivity contribution in [2.45, 2.75) is 19.4 Å². The molecule has 0 saturated carbocycles. The van der Waals surface area contributed by atoms with E-state index in [1.54, 1.807) is 13.8 Å². The van der Waals surface area contributed by atoms with E-state index in [9.17, 15) is 8.42 Å². The summed E-state index contributed by atoms with van der Waals surface area (Å²) in [6.07, 6.45) is 0. The fourth-order valence-electron chi connectivity index (χ4n) is 1.33. The van der Waals surface area contributed by atoms with Gasteiger partial charge in [0.05, 0.1) is 12.1 Å². The number of piperazine rings is 1. The normalized spacial score (nSPS) is 20.5. The summed E-state index contributed by atoms with van der Waals surface area (Å²) in [6, 6.07) is 0. The van der Waals surface area contributed by atoms with Gasteiger partial charge in [-0.2, -0.15) is 17.4 Å². The van der Waals surface area contributed by atoms with Gasteiger partial charge in [-0.1, -0.05) is 0 Å². The highest BCUT2D eigenvalue weighted by Gasteiger charge is 2.29. The number of rotatable bonds is 4. The standard InChI is InChI=1S/C8H19N3O3S/c1-8(2,7-12)10-15(13,14)11-5-3-9-4-6-11/h9-10,12H,3-7H2,1-2H3. The van der Waals surface area contributed by atoms with E-state index in [0.29, 0.717) is 26.2 Å². The zero-order valence-electron chi connectivity index (χ0n) is 9.15. The van der Waals surface area contributed by atoms with Gasteiger partial charge < -0.3 is 10.4 Å². The van der Waals surface area contributed by atoms with E-state index in [2.05, 4.69) is 10.0 Å². The summed E-state index contributed by atoms with van der Waals surface area (Å²) in [5, 5.41) is 12.1. The van der Waals surface area contributed by atoms with Gasteiger partial charge in [0.1, 0.15) is 0 Å². The molecule has 0 aliphatic carbocycles. The minimum Gasteiger partial charge on any atom is -0.394 e. The van der Waals surface area contributed by atoms with E-state index in [4.69, 9.17) is 5.11 Å². The molecule has 0 amide bonds. The maximum absolute atomic E-state index is 11.8. The van der Waals surface area contributed by atoms with E-state index >= 15 is 0 Å². The Morgan fingerprint density at radius 1 is 1.40 bits per heavy atom. The molecular weight excluding hydrogens is 218 g/mol. The number of hydrogen-bond acceptors (Lipinski definition) is 4. The van der Waals surface area contributed by atoms with Crippen LogP contribution in [0.25, 0.3) is 0 Å². The average Bonchev–Trinajstić information content (AvgIpc) is 2.18. The number of aliphatic hydroxyl groups is 1. The van der Waals surface area contributed by atoms with Crippen molar-refractivity contribution in [2.75, 3.05) is 32.8 Å². The molecule has 0 aromatic carbocycles. The van der Waals surface area contributed by atoms with Crippen molar-refractivity contribution in [2.24, 2.45) is 0 Å². The molecule has 1 fully saturated rings. The van der Waals surface area contributed by atoms with Crippen molar-refractivity contribution in [3.8, 4) is 0 Å². The highest BCUT2D eigenvalue weighted by atomic mass is 32.2. The van der Waals surface area contributed by atoms with Gasteiger partial charge in [-0.05, 0) is 13.8 Å². The average molecular weight is 237 g/mol. The first-order valence-electron chi connectivity index (χ1n) is 4.98. The Morgan fingerprint density at radius 3 is 2.40 bits per heavy atom. The molecule has 6 nitrogen and oxygen atoms in total. The molecule has 0 aromatic heterocycles. The van der Waals surface area contributed by atoms with E-state index in [0.717, 1.165) is 0 Å². The van der Waals surface area contributed by atoms with E-state index in [1.165, 1.54) is 4.31 Å². The van der Waals surface area contributed by atoms with E-state index in [-0.39, 0.29) is 6.61 Å². The Hall–Kier alpha value is -0.210. The fraction of sp³-hybridized carbons (Fsp3) is 1.00.